The molecule has 1 N–H and O–H groups in total. The standard InChI is InChI=1S/C10H12O/c1-3-5-9-6-4-7-10(11)8(9)2/h3-4,6-7,11H,1,5H2,2H3. The van der Waals surface area contributed by atoms with E-state index in [1.165, 1.54) is 0 Å². The summed E-state index contributed by atoms with van der Waals surface area (Å²) in [6.45, 7) is 5.56. The summed E-state index contributed by atoms with van der Waals surface area (Å²) in [7, 11) is 0. The van der Waals surface area contributed by atoms with Gasteiger partial charge in [0.15, 0.2) is 0 Å². The van der Waals surface area contributed by atoms with E-state index in [2.05, 4.69) is 6.58 Å². The summed E-state index contributed by atoms with van der Waals surface area (Å²) in [4.78, 5) is 0. The number of allylic oxidation sites excluding steroid dienone is 1. The average Bonchev–Trinajstić information content (AvgIpc) is 1.99. The predicted octanol–water partition coefficient (Wildman–Crippen LogP) is 2.43. The summed E-state index contributed by atoms with van der Waals surface area (Å²) in [5, 5.41) is 9.29. The number of benzene rings is 1. The lowest BCUT2D eigenvalue weighted by atomic mass is 10.1. The zero-order valence-electron chi connectivity index (χ0n) is 6.67. The normalized spacial score (nSPS) is 9.55. The second-order valence-corrected chi connectivity index (χ2v) is 2.55. The lowest BCUT2D eigenvalue weighted by Gasteiger charge is -2.03. The van der Waals surface area contributed by atoms with Gasteiger partial charge in [0.2, 0.25) is 0 Å². The van der Waals surface area contributed by atoms with E-state index >= 15 is 0 Å². The van der Waals surface area contributed by atoms with Crippen molar-refractivity contribution in [2.45, 2.75) is 13.3 Å². The van der Waals surface area contributed by atoms with Crippen LogP contribution in [0.4, 0.5) is 0 Å². The van der Waals surface area contributed by atoms with Crippen molar-refractivity contribution in [3.05, 3.63) is 42.0 Å². The molecule has 58 valence electrons. The van der Waals surface area contributed by atoms with Crippen molar-refractivity contribution >= 4 is 0 Å². The fourth-order valence-electron chi connectivity index (χ4n) is 1.05. The number of hydrogen-bond acceptors (Lipinski definition) is 1. The molecule has 0 unspecified atom stereocenters. The fraction of sp³-hybridized carbons (Fsp3) is 0.200. The molecule has 0 saturated heterocycles. The third-order valence-electron chi connectivity index (χ3n) is 1.78. The van der Waals surface area contributed by atoms with E-state index in [-0.39, 0.29) is 0 Å². The summed E-state index contributed by atoms with van der Waals surface area (Å²) in [6.07, 6.45) is 2.65. The van der Waals surface area contributed by atoms with Gasteiger partial charge in [-0.2, -0.15) is 0 Å². The van der Waals surface area contributed by atoms with Gasteiger partial charge >= 0.3 is 0 Å². The Bertz CT molecular complexity index is 264. The van der Waals surface area contributed by atoms with Crippen LogP contribution in [0.1, 0.15) is 11.1 Å². The van der Waals surface area contributed by atoms with Gasteiger partial charge < -0.3 is 5.11 Å². The summed E-state index contributed by atoms with van der Waals surface area (Å²) in [6, 6.07) is 5.54. The second-order valence-electron chi connectivity index (χ2n) is 2.55. The van der Waals surface area contributed by atoms with Crippen LogP contribution in [0.3, 0.4) is 0 Å². The summed E-state index contributed by atoms with van der Waals surface area (Å²) < 4.78 is 0. The van der Waals surface area contributed by atoms with Gasteiger partial charge in [0.05, 0.1) is 0 Å². The predicted molar refractivity (Wildman–Crippen MR) is 46.7 cm³/mol. The molecule has 0 spiro atoms. The second kappa shape index (κ2) is 3.24. The Labute approximate surface area is 67.0 Å². The molecule has 0 fully saturated rings. The highest BCUT2D eigenvalue weighted by Gasteiger charge is 1.98. The van der Waals surface area contributed by atoms with Crippen molar-refractivity contribution in [1.29, 1.82) is 0 Å². The smallest absolute Gasteiger partial charge is 0.118 e. The van der Waals surface area contributed by atoms with Crippen LogP contribution < -0.4 is 0 Å². The monoisotopic (exact) mass is 148 g/mol. The van der Waals surface area contributed by atoms with Crippen molar-refractivity contribution in [3.63, 3.8) is 0 Å². The molecule has 0 saturated carbocycles. The maximum atomic E-state index is 9.29. The Kier molecular flexibility index (Phi) is 2.32. The van der Waals surface area contributed by atoms with Crippen LogP contribution in [0, 0.1) is 6.92 Å². The Morgan fingerprint density at radius 1 is 1.55 bits per heavy atom. The first-order valence-electron chi connectivity index (χ1n) is 3.64. The van der Waals surface area contributed by atoms with Crippen molar-refractivity contribution in [2.75, 3.05) is 0 Å². The van der Waals surface area contributed by atoms with Crippen LogP contribution in [0.5, 0.6) is 5.75 Å². The highest BCUT2D eigenvalue weighted by molar-refractivity contribution is 5.38. The zero-order chi connectivity index (χ0) is 8.27. The molecule has 0 amide bonds. The summed E-state index contributed by atoms with van der Waals surface area (Å²) >= 11 is 0. The van der Waals surface area contributed by atoms with Gasteiger partial charge in [0.25, 0.3) is 0 Å². The third kappa shape index (κ3) is 1.61. The Balaban J connectivity index is 3.05. The van der Waals surface area contributed by atoms with E-state index in [4.69, 9.17) is 0 Å². The maximum absolute atomic E-state index is 9.29. The molecule has 1 nitrogen and oxygen atoms in total. The van der Waals surface area contributed by atoms with Gasteiger partial charge in [-0.05, 0) is 30.5 Å². The van der Waals surface area contributed by atoms with E-state index in [9.17, 15) is 5.11 Å². The highest BCUT2D eigenvalue weighted by atomic mass is 16.3. The lowest BCUT2D eigenvalue weighted by molar-refractivity contribution is 0.470. The van der Waals surface area contributed by atoms with Crippen molar-refractivity contribution in [1.82, 2.24) is 0 Å². The minimum absolute atomic E-state index is 0.365. The van der Waals surface area contributed by atoms with Crippen LogP contribution in [0.2, 0.25) is 0 Å². The molecule has 0 aliphatic carbocycles. The number of hydrogen-bond donors (Lipinski definition) is 1. The van der Waals surface area contributed by atoms with Crippen LogP contribution in [0.25, 0.3) is 0 Å². The first-order valence-corrected chi connectivity index (χ1v) is 3.64. The molecular formula is C10H12O. The van der Waals surface area contributed by atoms with Crippen molar-refractivity contribution in [3.8, 4) is 5.75 Å². The Morgan fingerprint density at radius 2 is 2.27 bits per heavy atom. The van der Waals surface area contributed by atoms with Gasteiger partial charge in [-0.3, -0.25) is 0 Å². The van der Waals surface area contributed by atoms with Gasteiger partial charge in [-0.15, -0.1) is 6.58 Å². The fourth-order valence-corrected chi connectivity index (χ4v) is 1.05. The minimum atomic E-state index is 0.365. The van der Waals surface area contributed by atoms with Gasteiger partial charge in [-0.25, -0.2) is 0 Å². The van der Waals surface area contributed by atoms with Crippen molar-refractivity contribution < 1.29 is 5.11 Å². The van der Waals surface area contributed by atoms with Crippen LogP contribution in [-0.4, -0.2) is 5.11 Å². The first-order chi connectivity index (χ1) is 5.25. The highest BCUT2D eigenvalue weighted by Crippen LogP contribution is 2.19. The molecule has 1 heteroatoms. The van der Waals surface area contributed by atoms with E-state index < -0.39 is 0 Å². The summed E-state index contributed by atoms with van der Waals surface area (Å²) in [5.74, 6) is 0.365. The molecule has 11 heavy (non-hydrogen) atoms. The van der Waals surface area contributed by atoms with Gasteiger partial charge in [0, 0.05) is 0 Å². The topological polar surface area (TPSA) is 20.2 Å². The number of phenolic OH excluding ortho intramolecular Hbond substituents is 1. The van der Waals surface area contributed by atoms with E-state index in [0.29, 0.717) is 5.75 Å². The molecule has 0 atom stereocenters. The summed E-state index contributed by atoms with van der Waals surface area (Å²) in [5.41, 5.74) is 2.09. The number of rotatable bonds is 2. The van der Waals surface area contributed by atoms with E-state index in [0.717, 1.165) is 17.5 Å². The molecule has 0 aliphatic heterocycles. The minimum Gasteiger partial charge on any atom is -0.508 e. The maximum Gasteiger partial charge on any atom is 0.118 e. The SMILES string of the molecule is C=CCc1cccc(O)c1C. The average molecular weight is 148 g/mol. The van der Waals surface area contributed by atoms with Gasteiger partial charge in [0.1, 0.15) is 5.75 Å². The number of aromatic hydroxyl groups is 1. The third-order valence-corrected chi connectivity index (χ3v) is 1.78. The molecule has 0 heterocycles. The quantitative estimate of drug-likeness (QED) is 0.638. The molecule has 0 bridgehead atoms. The lowest BCUT2D eigenvalue weighted by Crippen LogP contribution is -1.85. The molecule has 0 radical (unpaired) electrons. The molecule has 0 aromatic heterocycles. The largest absolute Gasteiger partial charge is 0.508 e. The van der Waals surface area contributed by atoms with Crippen LogP contribution in [0.15, 0.2) is 30.9 Å². The van der Waals surface area contributed by atoms with E-state index in [1.807, 2.05) is 25.1 Å². The zero-order valence-corrected chi connectivity index (χ0v) is 6.67. The Hall–Kier alpha value is -1.24. The van der Waals surface area contributed by atoms with Crippen molar-refractivity contribution in [2.24, 2.45) is 0 Å². The molecule has 1 aromatic rings. The molecular weight excluding hydrogens is 136 g/mol. The Morgan fingerprint density at radius 3 is 2.91 bits per heavy atom. The molecule has 0 aliphatic rings. The molecule has 1 rings (SSSR count). The van der Waals surface area contributed by atoms with Crippen LogP contribution in [-0.2, 0) is 6.42 Å². The van der Waals surface area contributed by atoms with Gasteiger partial charge in [-0.1, -0.05) is 18.2 Å². The first kappa shape index (κ1) is 7.86. The number of phenols is 1. The van der Waals surface area contributed by atoms with Crippen LogP contribution >= 0.6 is 0 Å². The molecule has 1 aromatic carbocycles. The van der Waals surface area contributed by atoms with E-state index in [1.54, 1.807) is 6.07 Å².